The van der Waals surface area contributed by atoms with E-state index >= 15 is 0 Å². The highest BCUT2D eigenvalue weighted by molar-refractivity contribution is 7.98. The van der Waals surface area contributed by atoms with Gasteiger partial charge < -0.3 is 5.73 Å². The molecule has 0 bridgehead atoms. The molecule has 0 amide bonds. The zero-order valence-electron chi connectivity index (χ0n) is 10.7. The van der Waals surface area contributed by atoms with E-state index in [1.807, 2.05) is 37.4 Å². The highest BCUT2D eigenvalue weighted by Crippen LogP contribution is 2.21. The maximum atomic E-state index is 5.64. The Balaban J connectivity index is 1.79. The Hall–Kier alpha value is -2.42. The second-order valence-corrected chi connectivity index (χ2v) is 4.97. The highest BCUT2D eigenvalue weighted by Gasteiger charge is 2.11. The number of aromatic nitrogens is 7. The van der Waals surface area contributed by atoms with Gasteiger partial charge in [0.15, 0.2) is 11.0 Å². The molecule has 102 valence electrons. The van der Waals surface area contributed by atoms with Crippen molar-refractivity contribution in [3.8, 4) is 5.69 Å². The van der Waals surface area contributed by atoms with Crippen LogP contribution in [0.15, 0.2) is 35.5 Å². The van der Waals surface area contributed by atoms with Gasteiger partial charge in [-0.3, -0.25) is 4.57 Å². The van der Waals surface area contributed by atoms with E-state index in [1.165, 1.54) is 11.8 Å². The molecule has 0 saturated heterocycles. The maximum absolute atomic E-state index is 5.64. The van der Waals surface area contributed by atoms with Crippen molar-refractivity contribution in [2.24, 2.45) is 7.05 Å². The Morgan fingerprint density at radius 3 is 2.65 bits per heavy atom. The van der Waals surface area contributed by atoms with E-state index in [-0.39, 0.29) is 0 Å². The second-order valence-electron chi connectivity index (χ2n) is 4.03. The molecule has 9 heteroatoms. The number of para-hydroxylation sites is 1. The first-order valence-electron chi connectivity index (χ1n) is 5.86. The Morgan fingerprint density at radius 2 is 1.95 bits per heavy atom. The van der Waals surface area contributed by atoms with Crippen LogP contribution in [0.1, 0.15) is 5.82 Å². The first-order chi connectivity index (χ1) is 9.75. The Labute approximate surface area is 119 Å². The largest absolute Gasteiger partial charge is 0.368 e. The minimum atomic E-state index is 0.384. The highest BCUT2D eigenvalue weighted by atomic mass is 32.2. The molecule has 0 atom stereocenters. The van der Waals surface area contributed by atoms with Gasteiger partial charge in [0.2, 0.25) is 5.95 Å². The Bertz CT molecular complexity index is 704. The molecule has 0 radical (unpaired) electrons. The molecule has 2 heterocycles. The van der Waals surface area contributed by atoms with E-state index < -0.39 is 0 Å². The lowest BCUT2D eigenvalue weighted by atomic mass is 10.3. The van der Waals surface area contributed by atoms with E-state index in [4.69, 9.17) is 5.73 Å². The Kier molecular flexibility index (Phi) is 3.33. The van der Waals surface area contributed by atoms with E-state index in [1.54, 1.807) is 9.25 Å². The van der Waals surface area contributed by atoms with Crippen LogP contribution in [-0.4, -0.2) is 35.0 Å². The number of hydrogen-bond acceptors (Lipinski definition) is 7. The summed E-state index contributed by atoms with van der Waals surface area (Å²) in [5.74, 6) is 1.70. The third kappa shape index (κ3) is 2.35. The number of thioether (sulfide) groups is 1. The minimum Gasteiger partial charge on any atom is -0.368 e. The summed E-state index contributed by atoms with van der Waals surface area (Å²) < 4.78 is 3.42. The summed E-state index contributed by atoms with van der Waals surface area (Å²) in [5, 5.41) is 20.3. The number of anilines is 1. The molecule has 0 saturated carbocycles. The zero-order chi connectivity index (χ0) is 13.9. The SMILES string of the molecule is Cn1c(N)nnc1SCc1nnnn1-c1ccccc1. The van der Waals surface area contributed by atoms with Crippen molar-refractivity contribution in [3.63, 3.8) is 0 Å². The quantitative estimate of drug-likeness (QED) is 0.704. The zero-order valence-corrected chi connectivity index (χ0v) is 11.5. The van der Waals surface area contributed by atoms with Gasteiger partial charge in [0, 0.05) is 7.05 Å². The van der Waals surface area contributed by atoms with Crippen molar-refractivity contribution in [3.05, 3.63) is 36.2 Å². The topological polar surface area (TPSA) is 100 Å². The van der Waals surface area contributed by atoms with Gasteiger partial charge in [-0.15, -0.1) is 15.3 Å². The number of nitrogen functional groups attached to an aromatic ring is 1. The summed E-state index contributed by atoms with van der Waals surface area (Å²) >= 11 is 1.48. The van der Waals surface area contributed by atoms with Gasteiger partial charge in [0.25, 0.3) is 0 Å². The molecule has 0 fully saturated rings. The molecule has 2 N–H and O–H groups in total. The molecular weight excluding hydrogens is 276 g/mol. The number of tetrazole rings is 1. The van der Waals surface area contributed by atoms with Gasteiger partial charge in [0.1, 0.15) is 0 Å². The predicted molar refractivity (Wildman–Crippen MR) is 74.1 cm³/mol. The summed E-state index contributed by atoms with van der Waals surface area (Å²) in [7, 11) is 1.82. The van der Waals surface area contributed by atoms with Crippen molar-refractivity contribution < 1.29 is 0 Å². The summed E-state index contributed by atoms with van der Waals surface area (Å²) in [5.41, 5.74) is 6.56. The fourth-order valence-corrected chi connectivity index (χ4v) is 2.47. The van der Waals surface area contributed by atoms with Gasteiger partial charge in [-0.05, 0) is 22.6 Å². The Morgan fingerprint density at radius 1 is 1.15 bits per heavy atom. The molecule has 0 unspecified atom stereocenters. The summed E-state index contributed by atoms with van der Waals surface area (Å²) in [6.07, 6.45) is 0. The fraction of sp³-hybridized carbons (Fsp3) is 0.182. The molecule has 0 spiro atoms. The first-order valence-corrected chi connectivity index (χ1v) is 6.84. The molecule has 1 aromatic carbocycles. The van der Waals surface area contributed by atoms with Crippen molar-refractivity contribution in [1.82, 2.24) is 35.0 Å². The van der Waals surface area contributed by atoms with E-state index in [0.717, 1.165) is 16.7 Å². The van der Waals surface area contributed by atoms with Crippen LogP contribution in [0.3, 0.4) is 0 Å². The van der Waals surface area contributed by atoms with Crippen molar-refractivity contribution in [1.29, 1.82) is 0 Å². The third-order valence-corrected chi connectivity index (χ3v) is 3.75. The van der Waals surface area contributed by atoms with E-state index in [2.05, 4.69) is 25.7 Å². The number of rotatable bonds is 4. The van der Waals surface area contributed by atoms with Gasteiger partial charge in [-0.1, -0.05) is 30.0 Å². The lowest BCUT2D eigenvalue weighted by Gasteiger charge is -2.04. The molecule has 3 aromatic rings. The number of benzene rings is 1. The second kappa shape index (κ2) is 5.29. The van der Waals surface area contributed by atoms with Crippen LogP contribution in [0.5, 0.6) is 0 Å². The van der Waals surface area contributed by atoms with Crippen LogP contribution >= 0.6 is 11.8 Å². The van der Waals surface area contributed by atoms with Crippen LogP contribution in [-0.2, 0) is 12.8 Å². The van der Waals surface area contributed by atoms with Crippen LogP contribution in [0.4, 0.5) is 5.95 Å². The molecule has 3 rings (SSSR count). The first kappa shape index (κ1) is 12.6. The molecular formula is C11H12N8S. The summed E-state index contributed by atoms with van der Waals surface area (Å²) in [6.45, 7) is 0. The van der Waals surface area contributed by atoms with E-state index in [0.29, 0.717) is 11.7 Å². The summed E-state index contributed by atoms with van der Waals surface area (Å²) in [6, 6.07) is 9.73. The molecule has 20 heavy (non-hydrogen) atoms. The maximum Gasteiger partial charge on any atom is 0.222 e. The van der Waals surface area contributed by atoms with Crippen LogP contribution in [0, 0.1) is 0 Å². The van der Waals surface area contributed by atoms with E-state index in [9.17, 15) is 0 Å². The van der Waals surface area contributed by atoms with Crippen LogP contribution < -0.4 is 5.73 Å². The third-order valence-electron chi connectivity index (χ3n) is 2.73. The smallest absolute Gasteiger partial charge is 0.222 e. The standard InChI is InChI=1S/C11H12N8S/c1-18-10(12)14-15-11(18)20-7-9-13-16-17-19(9)8-5-3-2-4-6-8/h2-6H,7H2,1H3,(H2,12,14). The predicted octanol–water partition coefficient (Wildman–Crippen LogP) is 0.665. The fourth-order valence-electron chi connectivity index (χ4n) is 1.65. The number of nitrogens with zero attached hydrogens (tertiary/aromatic N) is 7. The molecule has 2 aromatic heterocycles. The lowest BCUT2D eigenvalue weighted by Crippen LogP contribution is -2.03. The molecule has 8 nitrogen and oxygen atoms in total. The van der Waals surface area contributed by atoms with Crippen molar-refractivity contribution >= 4 is 17.7 Å². The van der Waals surface area contributed by atoms with Gasteiger partial charge in [0.05, 0.1) is 11.4 Å². The van der Waals surface area contributed by atoms with Crippen LogP contribution in [0.25, 0.3) is 5.69 Å². The average Bonchev–Trinajstić information content (AvgIpc) is 3.07. The minimum absolute atomic E-state index is 0.384. The van der Waals surface area contributed by atoms with Gasteiger partial charge in [-0.25, -0.2) is 0 Å². The number of nitrogens with two attached hydrogens (primary N) is 1. The van der Waals surface area contributed by atoms with Gasteiger partial charge in [-0.2, -0.15) is 4.68 Å². The van der Waals surface area contributed by atoms with Crippen molar-refractivity contribution in [2.45, 2.75) is 10.9 Å². The average molecular weight is 288 g/mol. The summed E-state index contributed by atoms with van der Waals surface area (Å²) in [4.78, 5) is 0. The van der Waals surface area contributed by atoms with Crippen LogP contribution in [0.2, 0.25) is 0 Å². The van der Waals surface area contributed by atoms with Gasteiger partial charge >= 0.3 is 0 Å². The monoisotopic (exact) mass is 288 g/mol. The molecule has 0 aliphatic heterocycles. The normalized spacial score (nSPS) is 10.8. The number of hydrogen-bond donors (Lipinski definition) is 1. The van der Waals surface area contributed by atoms with Crippen molar-refractivity contribution in [2.75, 3.05) is 5.73 Å². The lowest BCUT2D eigenvalue weighted by molar-refractivity contribution is 0.774. The molecule has 0 aliphatic rings. The molecule has 0 aliphatic carbocycles.